The van der Waals surface area contributed by atoms with Gasteiger partial charge in [0.15, 0.2) is 0 Å². The van der Waals surface area contributed by atoms with Gasteiger partial charge in [0.1, 0.15) is 12.3 Å². The quantitative estimate of drug-likeness (QED) is 0.202. The molecule has 216 valence electrons. The highest BCUT2D eigenvalue weighted by Crippen LogP contribution is 2.14. The molecule has 10 heteroatoms. The van der Waals surface area contributed by atoms with Crippen molar-refractivity contribution in [2.45, 2.75) is 76.8 Å². The van der Waals surface area contributed by atoms with Crippen molar-refractivity contribution in [2.75, 3.05) is 11.9 Å². The number of nitrogens with one attached hydrogen (secondary N) is 1. The summed E-state index contributed by atoms with van der Waals surface area (Å²) in [5, 5.41) is 19.3. The molecule has 9 N–H and O–H groups in total. The second-order valence-electron chi connectivity index (χ2n) is 9.10. The summed E-state index contributed by atoms with van der Waals surface area (Å²) in [5.74, 6) is -1.84. The number of amides is 1. The normalized spacial score (nSPS) is 13.0. The molecule has 1 aliphatic carbocycles. The third-order valence-corrected chi connectivity index (χ3v) is 5.50. The lowest BCUT2D eigenvalue weighted by Gasteiger charge is -2.15. The molecule has 1 amide bonds. The van der Waals surface area contributed by atoms with E-state index in [9.17, 15) is 19.2 Å². The summed E-state index contributed by atoms with van der Waals surface area (Å²) < 4.78 is 0. The number of anilines is 1. The SMILES string of the molecule is CC(=O)Nc1ccc(C=O)cc1.NC1CCCCC1.NCCCCC(N)C(=O)O.O=C(O)Cc1ccccc1. The summed E-state index contributed by atoms with van der Waals surface area (Å²) in [6, 6.07) is 15.6. The standard InChI is InChI=1S/C9H9NO2.C8H8O2.C6H14N2O2.C6H13N/c1-7(12)10-9-4-2-8(6-11)3-5-9;9-8(10)6-7-4-2-1-3-5-7;7-4-2-1-3-5(8)6(9)10;7-6-4-2-1-3-5-6/h2-6H,1H3,(H,10,12);1-5H,6H2,(H,9,10);5H,1-4,7-8H2,(H,9,10);6H,1-5,7H2. The predicted octanol–water partition coefficient (Wildman–Crippen LogP) is 3.58. The minimum absolute atomic E-state index is 0.112. The van der Waals surface area contributed by atoms with E-state index in [-0.39, 0.29) is 12.3 Å². The first kappa shape index (κ1) is 35.4. The van der Waals surface area contributed by atoms with E-state index in [2.05, 4.69) is 5.32 Å². The van der Waals surface area contributed by atoms with Gasteiger partial charge in [-0.3, -0.25) is 19.2 Å². The highest BCUT2D eigenvalue weighted by Gasteiger charge is 2.09. The minimum atomic E-state index is -0.933. The maximum absolute atomic E-state index is 10.6. The van der Waals surface area contributed by atoms with Crippen LogP contribution >= 0.6 is 0 Å². The van der Waals surface area contributed by atoms with Crippen LogP contribution in [0.25, 0.3) is 0 Å². The maximum Gasteiger partial charge on any atom is 0.320 e. The van der Waals surface area contributed by atoms with Crippen LogP contribution in [0.2, 0.25) is 0 Å². The van der Waals surface area contributed by atoms with E-state index >= 15 is 0 Å². The van der Waals surface area contributed by atoms with Crippen LogP contribution in [0.15, 0.2) is 54.6 Å². The van der Waals surface area contributed by atoms with E-state index < -0.39 is 18.0 Å². The average Bonchev–Trinajstić information content (AvgIpc) is 2.91. The lowest BCUT2D eigenvalue weighted by atomic mass is 9.97. The lowest BCUT2D eigenvalue weighted by molar-refractivity contribution is -0.139. The van der Waals surface area contributed by atoms with Gasteiger partial charge in [-0.15, -0.1) is 0 Å². The minimum Gasteiger partial charge on any atom is -0.481 e. The lowest BCUT2D eigenvalue weighted by Crippen LogP contribution is -2.29. The molecular formula is C29H44N4O6. The molecule has 1 saturated carbocycles. The van der Waals surface area contributed by atoms with Crippen LogP contribution < -0.4 is 22.5 Å². The van der Waals surface area contributed by atoms with Gasteiger partial charge in [0, 0.05) is 24.2 Å². The van der Waals surface area contributed by atoms with Gasteiger partial charge in [0.05, 0.1) is 6.42 Å². The molecule has 1 unspecified atom stereocenters. The Kier molecular flexibility index (Phi) is 20.3. The highest BCUT2D eigenvalue weighted by atomic mass is 16.4. The summed E-state index contributed by atoms with van der Waals surface area (Å²) in [6.45, 7) is 2.04. The van der Waals surface area contributed by atoms with Gasteiger partial charge in [-0.05, 0) is 62.1 Å². The third kappa shape index (κ3) is 21.1. The first-order chi connectivity index (χ1) is 18.6. The predicted molar refractivity (Wildman–Crippen MR) is 153 cm³/mol. The largest absolute Gasteiger partial charge is 0.481 e. The fourth-order valence-electron chi connectivity index (χ4n) is 3.38. The van der Waals surface area contributed by atoms with Crippen LogP contribution in [0.1, 0.15) is 74.2 Å². The highest BCUT2D eigenvalue weighted by molar-refractivity contribution is 5.89. The number of carboxylic acid groups (broad SMARTS) is 2. The second kappa shape index (κ2) is 22.4. The molecule has 0 saturated heterocycles. The van der Waals surface area contributed by atoms with Crippen LogP contribution in [0.3, 0.4) is 0 Å². The summed E-state index contributed by atoms with van der Waals surface area (Å²) >= 11 is 0. The van der Waals surface area contributed by atoms with Crippen molar-refractivity contribution in [3.8, 4) is 0 Å². The number of benzene rings is 2. The molecular weight excluding hydrogens is 500 g/mol. The zero-order valence-corrected chi connectivity index (χ0v) is 22.8. The molecule has 10 nitrogen and oxygen atoms in total. The van der Waals surface area contributed by atoms with E-state index in [1.54, 1.807) is 36.4 Å². The van der Waals surface area contributed by atoms with Crippen LogP contribution in [-0.4, -0.2) is 53.0 Å². The number of aliphatic carboxylic acids is 2. The monoisotopic (exact) mass is 544 g/mol. The van der Waals surface area contributed by atoms with Crippen molar-refractivity contribution in [2.24, 2.45) is 17.2 Å². The molecule has 3 rings (SSSR count). The zero-order valence-electron chi connectivity index (χ0n) is 22.8. The van der Waals surface area contributed by atoms with Gasteiger partial charge in [-0.25, -0.2) is 0 Å². The Bertz CT molecular complexity index is 948. The number of carboxylic acids is 2. The molecule has 1 atom stereocenters. The number of hydrogen-bond donors (Lipinski definition) is 6. The van der Waals surface area contributed by atoms with E-state index in [1.165, 1.54) is 39.0 Å². The molecule has 0 aliphatic heterocycles. The van der Waals surface area contributed by atoms with Gasteiger partial charge >= 0.3 is 11.9 Å². The Morgan fingerprint density at radius 3 is 1.97 bits per heavy atom. The Labute approximate surface area is 231 Å². The van der Waals surface area contributed by atoms with E-state index in [0.29, 0.717) is 30.3 Å². The Morgan fingerprint density at radius 2 is 1.56 bits per heavy atom. The van der Waals surface area contributed by atoms with E-state index in [0.717, 1.165) is 24.7 Å². The molecule has 0 bridgehead atoms. The van der Waals surface area contributed by atoms with Gasteiger partial charge in [0.2, 0.25) is 5.91 Å². The van der Waals surface area contributed by atoms with Gasteiger partial charge < -0.3 is 32.7 Å². The van der Waals surface area contributed by atoms with Crippen LogP contribution in [0.4, 0.5) is 5.69 Å². The smallest absolute Gasteiger partial charge is 0.320 e. The van der Waals surface area contributed by atoms with Crippen LogP contribution in [-0.2, 0) is 20.8 Å². The topological polar surface area (TPSA) is 199 Å². The Balaban J connectivity index is 0.000000501. The van der Waals surface area contributed by atoms with Crippen LogP contribution in [0.5, 0.6) is 0 Å². The number of carbonyl (C=O) groups excluding carboxylic acids is 2. The number of nitrogens with two attached hydrogens (primary N) is 3. The zero-order chi connectivity index (χ0) is 29.5. The summed E-state index contributed by atoms with van der Waals surface area (Å²) in [6.07, 6.45) is 9.70. The molecule has 1 aliphatic rings. The Hall–Kier alpha value is -3.60. The maximum atomic E-state index is 10.6. The van der Waals surface area contributed by atoms with Crippen molar-refractivity contribution < 1.29 is 29.4 Å². The van der Waals surface area contributed by atoms with Gasteiger partial charge in [-0.2, -0.15) is 0 Å². The first-order valence-corrected chi connectivity index (χ1v) is 13.1. The van der Waals surface area contributed by atoms with Crippen molar-refractivity contribution in [1.29, 1.82) is 0 Å². The fraction of sp³-hybridized carbons (Fsp3) is 0.448. The van der Waals surface area contributed by atoms with Gasteiger partial charge in [0.25, 0.3) is 0 Å². The van der Waals surface area contributed by atoms with Crippen molar-refractivity contribution >= 4 is 29.8 Å². The number of rotatable bonds is 9. The molecule has 0 spiro atoms. The van der Waals surface area contributed by atoms with Crippen molar-refractivity contribution in [1.82, 2.24) is 0 Å². The average molecular weight is 545 g/mol. The molecule has 2 aromatic rings. The molecule has 0 aromatic heterocycles. The molecule has 1 fully saturated rings. The van der Waals surface area contributed by atoms with E-state index in [1.807, 2.05) is 18.2 Å². The van der Waals surface area contributed by atoms with Crippen LogP contribution in [0, 0.1) is 0 Å². The third-order valence-electron chi connectivity index (χ3n) is 5.50. The molecule has 0 heterocycles. The second-order valence-corrected chi connectivity index (χ2v) is 9.10. The summed E-state index contributed by atoms with van der Waals surface area (Å²) in [4.78, 5) is 41.1. The molecule has 39 heavy (non-hydrogen) atoms. The fourth-order valence-corrected chi connectivity index (χ4v) is 3.38. The first-order valence-electron chi connectivity index (χ1n) is 13.1. The summed E-state index contributed by atoms with van der Waals surface area (Å²) in [7, 11) is 0. The number of carbonyl (C=O) groups is 4. The summed E-state index contributed by atoms with van der Waals surface area (Å²) in [5.41, 5.74) is 18.2. The number of aldehydes is 1. The van der Waals surface area contributed by atoms with Crippen molar-refractivity contribution in [3.05, 3.63) is 65.7 Å². The van der Waals surface area contributed by atoms with E-state index in [4.69, 9.17) is 27.4 Å². The van der Waals surface area contributed by atoms with Crippen molar-refractivity contribution in [3.63, 3.8) is 0 Å². The number of unbranched alkanes of at least 4 members (excludes halogenated alkanes) is 1. The van der Waals surface area contributed by atoms with Gasteiger partial charge in [-0.1, -0.05) is 56.0 Å². The Morgan fingerprint density at radius 1 is 0.974 bits per heavy atom. The molecule has 0 radical (unpaired) electrons. The number of hydrogen-bond acceptors (Lipinski definition) is 7. The molecule has 2 aromatic carbocycles.